The zero-order valence-corrected chi connectivity index (χ0v) is 11.0. The second-order valence-corrected chi connectivity index (χ2v) is 5.21. The minimum absolute atomic E-state index is 0.140. The first kappa shape index (κ1) is 14.9. The van der Waals surface area contributed by atoms with Crippen LogP contribution in [0.3, 0.4) is 0 Å². The number of nitrogens with zero attached hydrogens (tertiary/aromatic N) is 1. The zero-order valence-electron chi connectivity index (χ0n) is 10.2. The molecule has 0 aromatic heterocycles. The maximum Gasteiger partial charge on any atom is 0.418 e. The molecule has 1 aromatic carbocycles. The van der Waals surface area contributed by atoms with Gasteiger partial charge in [0.1, 0.15) is 0 Å². The largest absolute Gasteiger partial charge is 0.418 e. The number of alkyl halides is 3. The van der Waals surface area contributed by atoms with Crippen molar-refractivity contribution < 1.29 is 13.2 Å². The summed E-state index contributed by atoms with van der Waals surface area (Å²) < 4.78 is 38.1. The average Bonchev–Trinajstić information content (AvgIpc) is 2.25. The number of para-hydroxylation sites is 1. The molecule has 0 spiro atoms. The fourth-order valence-corrected chi connectivity index (χ4v) is 1.88. The highest BCUT2D eigenvalue weighted by Crippen LogP contribution is 2.36. The van der Waals surface area contributed by atoms with Crippen molar-refractivity contribution in [2.75, 3.05) is 5.75 Å². The van der Waals surface area contributed by atoms with Crippen molar-refractivity contribution in [1.29, 1.82) is 0 Å². The summed E-state index contributed by atoms with van der Waals surface area (Å²) >= 11 is 1.26. The Hall–Kier alpha value is -1.17. The van der Waals surface area contributed by atoms with Crippen molar-refractivity contribution in [3.05, 3.63) is 29.8 Å². The van der Waals surface area contributed by atoms with E-state index < -0.39 is 11.7 Å². The van der Waals surface area contributed by atoms with Crippen molar-refractivity contribution in [3.8, 4) is 0 Å². The molecule has 0 atom stereocenters. The van der Waals surface area contributed by atoms with Crippen molar-refractivity contribution >= 4 is 22.6 Å². The Morgan fingerprint density at radius 2 is 1.94 bits per heavy atom. The van der Waals surface area contributed by atoms with Crippen molar-refractivity contribution in [3.63, 3.8) is 0 Å². The summed E-state index contributed by atoms with van der Waals surface area (Å²) in [6, 6.07) is 5.15. The summed E-state index contributed by atoms with van der Waals surface area (Å²) in [4.78, 5) is 3.83. The van der Waals surface area contributed by atoms with Gasteiger partial charge in [0.15, 0.2) is 5.17 Å². The Morgan fingerprint density at radius 3 is 2.50 bits per heavy atom. The van der Waals surface area contributed by atoms with Crippen LogP contribution in [0, 0.1) is 5.92 Å². The first-order chi connectivity index (χ1) is 8.30. The maximum atomic E-state index is 12.7. The molecule has 18 heavy (non-hydrogen) atoms. The SMILES string of the molecule is CC(C)CSC(N)=Nc1ccccc1C(F)(F)F. The molecule has 0 aliphatic carbocycles. The van der Waals surface area contributed by atoms with Gasteiger partial charge in [-0.3, -0.25) is 0 Å². The molecule has 0 bridgehead atoms. The van der Waals surface area contributed by atoms with Crippen LogP contribution in [0.15, 0.2) is 29.3 Å². The van der Waals surface area contributed by atoms with Gasteiger partial charge in [-0.1, -0.05) is 37.7 Å². The van der Waals surface area contributed by atoms with Gasteiger partial charge in [-0.05, 0) is 18.1 Å². The van der Waals surface area contributed by atoms with Gasteiger partial charge in [0.2, 0.25) is 0 Å². The molecule has 0 aliphatic heterocycles. The van der Waals surface area contributed by atoms with E-state index in [4.69, 9.17) is 5.73 Å². The van der Waals surface area contributed by atoms with Crippen LogP contribution >= 0.6 is 11.8 Å². The molecule has 0 fully saturated rings. The number of halogens is 3. The summed E-state index contributed by atoms with van der Waals surface area (Å²) in [5, 5.41) is 0.153. The maximum absolute atomic E-state index is 12.7. The van der Waals surface area contributed by atoms with E-state index in [2.05, 4.69) is 4.99 Å². The molecule has 0 amide bonds. The molecule has 0 heterocycles. The first-order valence-corrected chi connectivity index (χ1v) is 6.42. The van der Waals surface area contributed by atoms with Crippen LogP contribution in [0.5, 0.6) is 0 Å². The minimum atomic E-state index is -4.41. The lowest BCUT2D eigenvalue weighted by atomic mass is 10.2. The van der Waals surface area contributed by atoms with Crippen molar-refractivity contribution in [2.45, 2.75) is 20.0 Å². The van der Waals surface area contributed by atoms with Crippen molar-refractivity contribution in [2.24, 2.45) is 16.6 Å². The summed E-state index contributed by atoms with van der Waals surface area (Å²) in [6.45, 7) is 4.01. The van der Waals surface area contributed by atoms with E-state index in [1.807, 2.05) is 13.8 Å². The number of amidine groups is 1. The summed E-state index contributed by atoms with van der Waals surface area (Å²) in [7, 11) is 0. The molecular weight excluding hydrogens is 261 g/mol. The van der Waals surface area contributed by atoms with Gasteiger partial charge < -0.3 is 5.73 Å². The highest BCUT2D eigenvalue weighted by molar-refractivity contribution is 8.13. The lowest BCUT2D eigenvalue weighted by Crippen LogP contribution is -2.10. The molecule has 2 nitrogen and oxygen atoms in total. The first-order valence-electron chi connectivity index (χ1n) is 5.44. The highest BCUT2D eigenvalue weighted by Gasteiger charge is 2.33. The van der Waals surface area contributed by atoms with Crippen LogP contribution in [0.4, 0.5) is 18.9 Å². The van der Waals surface area contributed by atoms with Gasteiger partial charge in [-0.25, -0.2) is 4.99 Å². The Kier molecular flexibility index (Phi) is 5.07. The van der Waals surface area contributed by atoms with Gasteiger partial charge in [-0.2, -0.15) is 13.2 Å². The number of nitrogens with two attached hydrogens (primary N) is 1. The number of thioether (sulfide) groups is 1. The highest BCUT2D eigenvalue weighted by atomic mass is 32.2. The third kappa shape index (κ3) is 4.60. The number of benzene rings is 1. The van der Waals surface area contributed by atoms with E-state index in [9.17, 15) is 13.2 Å². The lowest BCUT2D eigenvalue weighted by Gasteiger charge is -2.10. The molecule has 0 radical (unpaired) electrons. The predicted molar refractivity (Wildman–Crippen MR) is 70.0 cm³/mol. The molecule has 100 valence electrons. The second kappa shape index (κ2) is 6.13. The Morgan fingerprint density at radius 1 is 1.33 bits per heavy atom. The fourth-order valence-electron chi connectivity index (χ4n) is 1.21. The van der Waals surface area contributed by atoms with Crippen LogP contribution in [-0.2, 0) is 6.18 Å². The molecular formula is C12H15F3N2S. The number of rotatable bonds is 3. The van der Waals surface area contributed by atoms with Gasteiger partial charge in [0.05, 0.1) is 11.3 Å². The zero-order chi connectivity index (χ0) is 13.8. The van der Waals surface area contributed by atoms with Crippen molar-refractivity contribution in [1.82, 2.24) is 0 Å². The van der Waals surface area contributed by atoms with E-state index in [1.54, 1.807) is 0 Å². The smallest absolute Gasteiger partial charge is 0.378 e. The normalized spacial score (nSPS) is 13.1. The number of hydrogen-bond acceptors (Lipinski definition) is 2. The van der Waals surface area contributed by atoms with Crippen LogP contribution < -0.4 is 5.73 Å². The summed E-state index contributed by atoms with van der Waals surface area (Å²) in [6.07, 6.45) is -4.41. The quantitative estimate of drug-likeness (QED) is 0.668. The van der Waals surface area contributed by atoms with E-state index in [0.29, 0.717) is 5.92 Å². The van der Waals surface area contributed by atoms with Crippen LogP contribution in [0.1, 0.15) is 19.4 Å². The lowest BCUT2D eigenvalue weighted by molar-refractivity contribution is -0.137. The minimum Gasteiger partial charge on any atom is -0.378 e. The van der Waals surface area contributed by atoms with Crippen LogP contribution in [-0.4, -0.2) is 10.9 Å². The molecule has 0 saturated carbocycles. The third-order valence-corrected chi connectivity index (χ3v) is 3.23. The molecule has 2 N–H and O–H groups in total. The Labute approximate surface area is 108 Å². The Bertz CT molecular complexity index is 428. The molecule has 1 aromatic rings. The number of aliphatic imine (C=N–C) groups is 1. The van der Waals surface area contributed by atoms with E-state index in [1.165, 1.54) is 30.0 Å². The molecule has 0 unspecified atom stereocenters. The molecule has 0 saturated heterocycles. The third-order valence-electron chi connectivity index (χ3n) is 2.00. The van der Waals surface area contributed by atoms with Gasteiger partial charge >= 0.3 is 6.18 Å². The van der Waals surface area contributed by atoms with E-state index in [-0.39, 0.29) is 10.9 Å². The molecule has 1 rings (SSSR count). The average molecular weight is 276 g/mol. The van der Waals surface area contributed by atoms with E-state index in [0.717, 1.165) is 11.8 Å². The monoisotopic (exact) mass is 276 g/mol. The summed E-state index contributed by atoms with van der Waals surface area (Å²) in [5.41, 5.74) is 4.71. The van der Waals surface area contributed by atoms with Crippen LogP contribution in [0.2, 0.25) is 0 Å². The van der Waals surface area contributed by atoms with Crippen LogP contribution in [0.25, 0.3) is 0 Å². The number of hydrogen-bond donors (Lipinski definition) is 1. The fraction of sp³-hybridized carbons (Fsp3) is 0.417. The standard InChI is InChI=1S/C12H15F3N2S/c1-8(2)7-18-11(16)17-10-6-4-3-5-9(10)12(13,14)15/h3-6,8H,7H2,1-2H3,(H2,16,17). The second-order valence-electron chi connectivity index (χ2n) is 4.17. The van der Waals surface area contributed by atoms with E-state index >= 15 is 0 Å². The summed E-state index contributed by atoms with van der Waals surface area (Å²) in [5.74, 6) is 1.13. The van der Waals surface area contributed by atoms with Gasteiger partial charge in [0.25, 0.3) is 0 Å². The topological polar surface area (TPSA) is 38.4 Å². The molecule has 0 aliphatic rings. The molecule has 6 heteroatoms. The van der Waals surface area contributed by atoms with Gasteiger partial charge in [-0.15, -0.1) is 0 Å². The predicted octanol–water partition coefficient (Wildman–Crippen LogP) is 4.04. The Balaban J connectivity index is 2.93. The van der Waals surface area contributed by atoms with Gasteiger partial charge in [0, 0.05) is 5.75 Å².